The van der Waals surface area contributed by atoms with Gasteiger partial charge in [-0.15, -0.1) is 11.8 Å². The summed E-state index contributed by atoms with van der Waals surface area (Å²) in [5.41, 5.74) is 0. The highest BCUT2D eigenvalue weighted by Crippen LogP contribution is 2.32. The van der Waals surface area contributed by atoms with Gasteiger partial charge in [0.15, 0.2) is 0 Å². The number of aliphatic carboxylic acids is 1. The fourth-order valence-corrected chi connectivity index (χ4v) is 3.53. The van der Waals surface area contributed by atoms with Crippen LogP contribution in [0.1, 0.15) is 19.8 Å². The maximum atomic E-state index is 12.4. The maximum absolute atomic E-state index is 12.4. The second-order valence-electron chi connectivity index (χ2n) is 4.72. The van der Waals surface area contributed by atoms with Crippen molar-refractivity contribution in [2.45, 2.75) is 36.0 Å². The summed E-state index contributed by atoms with van der Waals surface area (Å²) in [6.07, 6.45) is 1.27. The summed E-state index contributed by atoms with van der Waals surface area (Å²) in [6, 6.07) is 6.64. The van der Waals surface area contributed by atoms with E-state index in [4.69, 9.17) is 16.7 Å². The molecule has 1 heterocycles. The van der Waals surface area contributed by atoms with Gasteiger partial charge in [-0.25, -0.2) is 4.79 Å². The lowest BCUT2D eigenvalue weighted by Crippen LogP contribution is -2.43. The minimum atomic E-state index is -0.925. The largest absolute Gasteiger partial charge is 0.480 e. The van der Waals surface area contributed by atoms with E-state index in [1.54, 1.807) is 13.0 Å². The number of carboxylic acids is 1. The maximum Gasteiger partial charge on any atom is 0.326 e. The third-order valence-electron chi connectivity index (χ3n) is 3.31. The molecule has 0 aromatic heterocycles. The first-order chi connectivity index (χ1) is 9.50. The van der Waals surface area contributed by atoms with E-state index in [1.165, 1.54) is 16.7 Å². The molecule has 0 spiro atoms. The average molecular weight is 314 g/mol. The Morgan fingerprint density at radius 2 is 2.15 bits per heavy atom. The second-order valence-corrected chi connectivity index (χ2v) is 6.51. The molecule has 0 aliphatic carbocycles. The van der Waals surface area contributed by atoms with Crippen molar-refractivity contribution in [1.29, 1.82) is 0 Å². The lowest BCUT2D eigenvalue weighted by atomic mass is 10.2. The lowest BCUT2D eigenvalue weighted by Gasteiger charge is -2.24. The van der Waals surface area contributed by atoms with Crippen molar-refractivity contribution in [1.82, 2.24) is 4.90 Å². The van der Waals surface area contributed by atoms with E-state index in [-0.39, 0.29) is 11.2 Å². The van der Waals surface area contributed by atoms with Crippen molar-refractivity contribution in [2.24, 2.45) is 0 Å². The summed E-state index contributed by atoms with van der Waals surface area (Å²) >= 11 is 7.43. The van der Waals surface area contributed by atoms with Crippen LogP contribution in [0, 0.1) is 0 Å². The minimum Gasteiger partial charge on any atom is -0.480 e. The predicted octanol–water partition coefficient (Wildman–Crippen LogP) is 2.90. The number of carboxylic acid groups (broad SMARTS) is 1. The summed E-state index contributed by atoms with van der Waals surface area (Å²) in [7, 11) is 0. The average Bonchev–Trinajstić information content (AvgIpc) is 2.89. The topological polar surface area (TPSA) is 57.6 Å². The third-order valence-corrected chi connectivity index (χ3v) is 4.92. The van der Waals surface area contributed by atoms with Gasteiger partial charge in [-0.1, -0.05) is 23.7 Å². The van der Waals surface area contributed by atoms with E-state index in [9.17, 15) is 9.59 Å². The zero-order valence-electron chi connectivity index (χ0n) is 11.1. The Hall–Kier alpha value is -1.20. The minimum absolute atomic E-state index is 0.139. The number of carbonyl (C=O) groups is 2. The van der Waals surface area contributed by atoms with Crippen molar-refractivity contribution >= 4 is 35.2 Å². The number of carbonyl (C=O) groups excluding carboxylic acids is 1. The molecule has 0 saturated carbocycles. The summed E-state index contributed by atoms with van der Waals surface area (Å²) < 4.78 is 0. The molecule has 1 fully saturated rings. The van der Waals surface area contributed by atoms with Gasteiger partial charge in [0.25, 0.3) is 0 Å². The van der Waals surface area contributed by atoms with Crippen molar-refractivity contribution in [3.05, 3.63) is 29.3 Å². The first-order valence-electron chi connectivity index (χ1n) is 6.45. The zero-order valence-corrected chi connectivity index (χ0v) is 12.7. The number of nitrogens with zero attached hydrogens (tertiary/aromatic N) is 1. The Morgan fingerprint density at radius 3 is 2.80 bits per heavy atom. The van der Waals surface area contributed by atoms with Crippen LogP contribution in [0.5, 0.6) is 0 Å². The molecule has 2 atom stereocenters. The fourth-order valence-electron chi connectivity index (χ4n) is 2.30. The van der Waals surface area contributed by atoms with Crippen LogP contribution in [0.4, 0.5) is 0 Å². The number of thioether (sulfide) groups is 1. The van der Waals surface area contributed by atoms with E-state index < -0.39 is 12.0 Å². The van der Waals surface area contributed by atoms with Crippen LogP contribution < -0.4 is 0 Å². The number of benzene rings is 1. The normalized spacial score (nSPS) is 19.9. The van der Waals surface area contributed by atoms with Crippen LogP contribution in [0.3, 0.4) is 0 Å². The highest BCUT2D eigenvalue weighted by molar-refractivity contribution is 8.00. The van der Waals surface area contributed by atoms with E-state index in [0.717, 1.165) is 11.3 Å². The van der Waals surface area contributed by atoms with Gasteiger partial charge in [0.2, 0.25) is 5.91 Å². The highest BCUT2D eigenvalue weighted by atomic mass is 35.5. The number of hydrogen-bond acceptors (Lipinski definition) is 3. The lowest BCUT2D eigenvalue weighted by molar-refractivity contribution is -0.147. The molecule has 6 heteroatoms. The molecule has 0 bridgehead atoms. The summed E-state index contributed by atoms with van der Waals surface area (Å²) in [6.45, 7) is 2.30. The smallest absolute Gasteiger partial charge is 0.326 e. The first-order valence-corrected chi connectivity index (χ1v) is 7.71. The second kappa shape index (κ2) is 6.50. The number of likely N-dealkylation sites (tertiary alicyclic amines) is 1. The molecule has 1 aliphatic heterocycles. The van der Waals surface area contributed by atoms with Crippen molar-refractivity contribution < 1.29 is 14.7 Å². The van der Waals surface area contributed by atoms with Crippen LogP contribution in [0.25, 0.3) is 0 Å². The predicted molar refractivity (Wildman–Crippen MR) is 79.1 cm³/mol. The van der Waals surface area contributed by atoms with Crippen LogP contribution in [-0.2, 0) is 9.59 Å². The number of amides is 1. The molecule has 1 N–H and O–H groups in total. The van der Waals surface area contributed by atoms with E-state index in [2.05, 4.69) is 0 Å². The van der Waals surface area contributed by atoms with Gasteiger partial charge >= 0.3 is 5.97 Å². The van der Waals surface area contributed by atoms with E-state index >= 15 is 0 Å². The van der Waals surface area contributed by atoms with Gasteiger partial charge in [-0.2, -0.15) is 0 Å². The molecule has 20 heavy (non-hydrogen) atoms. The molecule has 1 amide bonds. The van der Waals surface area contributed by atoms with E-state index in [1.807, 2.05) is 18.2 Å². The molecule has 2 rings (SSSR count). The van der Waals surface area contributed by atoms with Gasteiger partial charge in [-0.05, 0) is 31.9 Å². The monoisotopic (exact) mass is 313 g/mol. The van der Waals surface area contributed by atoms with Crippen molar-refractivity contribution in [2.75, 3.05) is 6.54 Å². The quantitative estimate of drug-likeness (QED) is 0.868. The number of halogens is 1. The van der Waals surface area contributed by atoms with Crippen molar-refractivity contribution in [3.63, 3.8) is 0 Å². The zero-order chi connectivity index (χ0) is 14.7. The van der Waals surface area contributed by atoms with Gasteiger partial charge in [-0.3, -0.25) is 4.79 Å². The van der Waals surface area contributed by atoms with Crippen LogP contribution in [0.2, 0.25) is 5.02 Å². The molecule has 1 aromatic carbocycles. The Kier molecular flexibility index (Phi) is 4.94. The molecular formula is C14H16ClNO3S. The number of rotatable bonds is 4. The van der Waals surface area contributed by atoms with E-state index in [0.29, 0.717) is 18.0 Å². The van der Waals surface area contributed by atoms with Gasteiger partial charge < -0.3 is 10.0 Å². The molecule has 0 radical (unpaired) electrons. The standard InChI is InChI=1S/C14H16ClNO3S/c1-9(20-12-7-3-2-5-10(12)15)13(17)16-8-4-6-11(16)14(18)19/h2-3,5,7,9,11H,4,6,8H2,1H3,(H,18,19). The number of hydrogen-bond donors (Lipinski definition) is 1. The molecular weight excluding hydrogens is 298 g/mol. The Morgan fingerprint density at radius 1 is 1.45 bits per heavy atom. The van der Waals surface area contributed by atoms with Crippen LogP contribution >= 0.6 is 23.4 Å². The van der Waals surface area contributed by atoms with Gasteiger partial charge in [0.05, 0.1) is 10.3 Å². The molecule has 2 unspecified atom stereocenters. The van der Waals surface area contributed by atoms with Gasteiger partial charge in [0, 0.05) is 11.4 Å². The highest BCUT2D eigenvalue weighted by Gasteiger charge is 2.36. The SMILES string of the molecule is CC(Sc1ccccc1Cl)C(=O)N1CCCC1C(=O)O. The Labute approximate surface area is 127 Å². The molecule has 1 aliphatic rings. The molecule has 1 aromatic rings. The first kappa shape index (κ1) is 15.2. The van der Waals surface area contributed by atoms with Crippen molar-refractivity contribution in [3.8, 4) is 0 Å². The Bertz CT molecular complexity index is 523. The summed E-state index contributed by atoms with van der Waals surface area (Å²) in [5.74, 6) is -1.06. The molecule has 1 saturated heterocycles. The third kappa shape index (κ3) is 3.27. The fraction of sp³-hybridized carbons (Fsp3) is 0.429. The summed E-state index contributed by atoms with van der Waals surface area (Å²) in [4.78, 5) is 25.8. The van der Waals surface area contributed by atoms with Crippen LogP contribution in [0.15, 0.2) is 29.2 Å². The summed E-state index contributed by atoms with van der Waals surface area (Å²) in [5, 5.41) is 9.38. The van der Waals surface area contributed by atoms with Crippen LogP contribution in [-0.4, -0.2) is 39.7 Å². The van der Waals surface area contributed by atoms with Gasteiger partial charge in [0.1, 0.15) is 6.04 Å². The molecule has 108 valence electrons. The molecule has 4 nitrogen and oxygen atoms in total. The Balaban J connectivity index is 2.05.